The molecular formula is C75H119N13O20S3. The van der Waals surface area contributed by atoms with E-state index >= 15 is 0 Å². The van der Waals surface area contributed by atoms with Crippen molar-refractivity contribution in [3.8, 4) is 0 Å². The molecule has 2 aromatic carbocycles. The molecule has 8 atom stereocenters. The number of amides is 10. The number of primary amides is 2. The van der Waals surface area contributed by atoms with Gasteiger partial charge in [0.2, 0.25) is 59.1 Å². The lowest BCUT2D eigenvalue weighted by Gasteiger charge is -2.44. The van der Waals surface area contributed by atoms with Crippen LogP contribution in [0, 0.1) is 5.92 Å². The second-order valence-electron chi connectivity index (χ2n) is 28.3. The topological polar surface area (TPSA) is 483 Å². The van der Waals surface area contributed by atoms with E-state index in [0.717, 1.165) is 16.7 Å². The third-order valence-corrected chi connectivity index (χ3v) is 22.5. The van der Waals surface area contributed by atoms with E-state index in [1.165, 1.54) is 42.3 Å². The van der Waals surface area contributed by atoms with Crippen molar-refractivity contribution in [1.82, 2.24) is 56.8 Å². The van der Waals surface area contributed by atoms with Crippen molar-refractivity contribution in [2.75, 3.05) is 136 Å². The van der Waals surface area contributed by atoms with Crippen LogP contribution in [0.15, 0.2) is 48.5 Å². The van der Waals surface area contributed by atoms with Gasteiger partial charge in [0.05, 0.1) is 45.0 Å². The van der Waals surface area contributed by atoms with Crippen LogP contribution in [-0.2, 0) is 95.4 Å². The van der Waals surface area contributed by atoms with Crippen molar-refractivity contribution in [3.63, 3.8) is 0 Å². The number of nitrogens with one attached hydrogen (secondary N) is 7. The number of β-amino-alcohol motifs (C(OH)–C–C–N with tert-alkyl or cyclic N) is 2. The van der Waals surface area contributed by atoms with Crippen molar-refractivity contribution in [2.24, 2.45) is 17.4 Å². The van der Waals surface area contributed by atoms with Crippen LogP contribution in [0.2, 0.25) is 0 Å². The Kier molecular flexibility index (Phi) is 44.4. The van der Waals surface area contributed by atoms with Gasteiger partial charge in [-0.3, -0.25) is 62.5 Å². The first-order chi connectivity index (χ1) is 53.1. The minimum absolute atomic E-state index is 0.00123. The van der Waals surface area contributed by atoms with E-state index in [0.29, 0.717) is 197 Å². The maximum absolute atomic E-state index is 14.1. The highest BCUT2D eigenvalue weighted by Gasteiger charge is 2.42. The normalized spacial score (nSPS) is 17.9. The number of carboxylic acid groups (broad SMARTS) is 2. The Bertz CT molecular complexity index is 3280. The fraction of sp³-hybridized carbons (Fsp3) is 0.680. The Morgan fingerprint density at radius 3 is 1.75 bits per heavy atom. The molecule has 0 aromatic heterocycles. The number of rotatable bonds is 56. The van der Waals surface area contributed by atoms with Crippen molar-refractivity contribution >= 4 is 106 Å². The smallest absolute Gasteiger partial charge is 0.327 e. The van der Waals surface area contributed by atoms with E-state index in [-0.39, 0.29) is 86.9 Å². The van der Waals surface area contributed by atoms with Gasteiger partial charge < -0.3 is 98.2 Å². The third-order valence-electron chi connectivity index (χ3n) is 19.3. The lowest BCUT2D eigenvalue weighted by molar-refractivity contribution is -0.146. The summed E-state index contributed by atoms with van der Waals surface area (Å²) >= 11 is 4.35. The van der Waals surface area contributed by atoms with Crippen LogP contribution >= 0.6 is 35.3 Å². The maximum atomic E-state index is 14.1. The summed E-state index contributed by atoms with van der Waals surface area (Å²) in [4.78, 5) is 161. The first-order valence-corrected chi connectivity index (χ1v) is 41.8. The summed E-state index contributed by atoms with van der Waals surface area (Å²) in [7, 11) is 1.80. The van der Waals surface area contributed by atoms with E-state index in [2.05, 4.69) is 37.2 Å². The summed E-state index contributed by atoms with van der Waals surface area (Å²) in [5.41, 5.74) is 13.8. The number of nitrogens with zero attached hydrogens (tertiary/aromatic N) is 4. The molecule has 33 nitrogen and oxygen atoms in total. The van der Waals surface area contributed by atoms with Gasteiger partial charge in [0.15, 0.2) is 6.29 Å². The van der Waals surface area contributed by atoms with Crippen molar-refractivity contribution in [3.05, 3.63) is 70.8 Å². The van der Waals surface area contributed by atoms with Gasteiger partial charge in [-0.1, -0.05) is 61.9 Å². The molecule has 3 aliphatic heterocycles. The summed E-state index contributed by atoms with van der Waals surface area (Å²) in [5.74, 6) is -5.60. The Morgan fingerprint density at radius 1 is 0.613 bits per heavy atom. The van der Waals surface area contributed by atoms with Gasteiger partial charge in [0.25, 0.3) is 0 Å². The second kappa shape index (κ2) is 52.2. The summed E-state index contributed by atoms with van der Waals surface area (Å²) in [5, 5.41) is 69.0. The van der Waals surface area contributed by atoms with Crippen LogP contribution in [-0.4, -0.2) is 300 Å². The predicted molar refractivity (Wildman–Crippen MR) is 420 cm³/mol. The fourth-order valence-electron chi connectivity index (χ4n) is 13.1. The zero-order valence-electron chi connectivity index (χ0n) is 64.3. The molecule has 0 saturated carbocycles. The second-order valence-corrected chi connectivity index (χ2v) is 31.5. The van der Waals surface area contributed by atoms with Crippen LogP contribution in [0.25, 0.3) is 0 Å². The number of likely N-dealkylation sites (tertiary alicyclic amines) is 2. The van der Waals surface area contributed by atoms with Crippen LogP contribution < -0.4 is 48.7 Å². The monoisotopic (exact) mass is 1620 g/mol. The van der Waals surface area contributed by atoms with Crippen LogP contribution in [0.4, 0.5) is 0 Å². The summed E-state index contributed by atoms with van der Waals surface area (Å²) in [6, 6.07) is 9.27. The molecule has 111 heavy (non-hydrogen) atoms. The molecule has 3 heterocycles. The minimum Gasteiger partial charge on any atom is -0.480 e. The van der Waals surface area contributed by atoms with E-state index in [1.807, 2.05) is 28.0 Å². The number of thioether (sulfide) groups is 3. The Labute approximate surface area is 663 Å². The van der Waals surface area contributed by atoms with Crippen molar-refractivity contribution in [1.29, 1.82) is 0 Å². The minimum atomic E-state index is -1.54. The van der Waals surface area contributed by atoms with E-state index in [9.17, 15) is 83.1 Å². The van der Waals surface area contributed by atoms with Crippen LogP contribution in [0.1, 0.15) is 132 Å². The number of aliphatic hydroxyl groups is 3. The highest BCUT2D eigenvalue weighted by atomic mass is 32.2. The summed E-state index contributed by atoms with van der Waals surface area (Å²) in [6.07, 6.45) is 2.76. The number of nitrogens with two attached hydrogens (primary N) is 2. The standard InChI is InChI=1S/C75H119N13O20S3/c1-51(52(2)89)70(100)82-57(18-19-62(76)90)71(101)83-58(42-53-13-5-4-6-14-53)72(102)84-59(74(104)105)48-111-47-56-40-54(45-109-37-22-66(94)87-28-10-16-61(87)73(103)88-29-9-15-60(88)69(77)99)39-55(41-56)46-110-38-27-81-65(93)21-20-64(92)80-25-12-32-107-34-36-108-35-33-106-31-11-24-79-63(91)17-7-8-23-75(85(3)43-67(95)96)49-78-26-30-86(50-75)44-68(97)98/h4-6,13-14,39-41,51-52,57-61,67,78,89,95-96H,7-12,15-38,42-50H2,1-3H3,(H2,76,90)(H2,77,99)(H,79,91)(H,80,92)(H,81,93)(H,82,100)(H,83,101)(H,84,102)(H,97,98)(H,104,105)/t51-,52+,57-,58-,59?,60-,61-,75?/m0/s1. The van der Waals surface area contributed by atoms with Gasteiger partial charge in [0, 0.05) is 157 Å². The zero-order valence-corrected chi connectivity index (χ0v) is 66.8. The SMILES string of the molecule is C[C@H](C(=O)N[C@@H](CCC(N)=O)C(=O)N[C@@H](Cc1ccccc1)C(=O)NC(CSCc1cc(CSCCNC(=O)CCC(=O)NCCCOCCOCCOCCCNC(=O)CCCCC2(N(C)CC(O)O)CNCCN(CC(=O)O)C2)cc(CSCCC(=O)N2CCC[C@H]2C(=O)N2CCC[C@H]2C(N)=O)c1)C(=O)O)[C@@H](C)O. The van der Waals surface area contributed by atoms with Gasteiger partial charge in [-0.2, -0.15) is 35.3 Å². The highest BCUT2D eigenvalue weighted by Crippen LogP contribution is 2.29. The quantitative estimate of drug-likeness (QED) is 0.0301. The van der Waals surface area contributed by atoms with E-state index in [4.69, 9.17) is 25.7 Å². The Hall–Kier alpha value is -7.23. The molecule has 5 rings (SSSR count). The van der Waals surface area contributed by atoms with Gasteiger partial charge in [-0.15, -0.1) is 0 Å². The maximum Gasteiger partial charge on any atom is 0.327 e. The lowest BCUT2D eigenvalue weighted by atomic mass is 9.89. The molecule has 3 aliphatic rings. The largest absolute Gasteiger partial charge is 0.480 e. The first kappa shape index (κ1) is 94.4. The molecule has 622 valence electrons. The molecule has 2 unspecified atom stereocenters. The molecule has 3 saturated heterocycles. The van der Waals surface area contributed by atoms with Crippen LogP contribution in [0.3, 0.4) is 0 Å². The number of hydrogen-bond donors (Lipinski definition) is 14. The number of hydrogen-bond acceptors (Lipinski definition) is 24. The van der Waals surface area contributed by atoms with E-state index in [1.54, 1.807) is 54.0 Å². The number of carboxylic acids is 2. The number of aliphatic hydroxyl groups excluding tert-OH is 2. The number of ether oxygens (including phenoxy) is 3. The zero-order chi connectivity index (χ0) is 81.1. The molecule has 0 aliphatic carbocycles. The molecule has 0 bridgehead atoms. The third kappa shape index (κ3) is 36.6. The van der Waals surface area contributed by atoms with Gasteiger partial charge >= 0.3 is 11.9 Å². The number of likely N-dealkylation sites (N-methyl/N-ethyl adjacent to an activating group) is 1. The van der Waals surface area contributed by atoms with Gasteiger partial charge in [0.1, 0.15) is 30.2 Å². The lowest BCUT2D eigenvalue weighted by Crippen LogP contribution is -2.59. The average molecular weight is 1620 g/mol. The van der Waals surface area contributed by atoms with Crippen molar-refractivity contribution in [2.45, 2.75) is 182 Å². The number of carbonyl (C=O) groups is 12. The molecule has 36 heteroatoms. The van der Waals surface area contributed by atoms with E-state index < -0.39 is 95.5 Å². The predicted octanol–water partition coefficient (Wildman–Crippen LogP) is -0.202. The number of aliphatic carboxylic acids is 2. The highest BCUT2D eigenvalue weighted by molar-refractivity contribution is 7.99. The van der Waals surface area contributed by atoms with Gasteiger partial charge in [-0.25, -0.2) is 4.79 Å². The molecule has 0 radical (unpaired) electrons. The average Bonchev–Trinajstić information content (AvgIpc) is 1.69. The summed E-state index contributed by atoms with van der Waals surface area (Å²) in [6.45, 7) is 9.18. The Balaban J connectivity index is 1.01. The molecule has 16 N–H and O–H groups in total. The molecule has 3 fully saturated rings. The summed E-state index contributed by atoms with van der Waals surface area (Å²) < 4.78 is 16.8. The molecule has 2 aromatic rings. The molecule has 10 amide bonds. The van der Waals surface area contributed by atoms with Crippen LogP contribution in [0.5, 0.6) is 0 Å². The van der Waals surface area contributed by atoms with Gasteiger partial charge in [-0.05, 0) is 94.0 Å². The number of benzene rings is 2. The molecule has 0 spiro atoms. The van der Waals surface area contributed by atoms with Crippen molar-refractivity contribution < 1.29 is 97.3 Å². The first-order valence-electron chi connectivity index (χ1n) is 38.3. The molecular weight excluding hydrogens is 1500 g/mol. The number of carbonyl (C=O) groups excluding carboxylic acids is 10. The number of unbranched alkanes of at least 4 members (excludes halogenated alkanes) is 1. The Morgan fingerprint density at radius 2 is 1.16 bits per heavy atom. The fourth-order valence-corrected chi connectivity index (χ4v) is 15.7.